The number of benzene rings is 2. The number of aromatic nitrogens is 2. The van der Waals surface area contributed by atoms with Gasteiger partial charge in [-0.3, -0.25) is 14.4 Å². The minimum atomic E-state index is -3.88. The predicted octanol–water partition coefficient (Wildman–Crippen LogP) is 2.62. The Morgan fingerprint density at radius 2 is 1.74 bits per heavy atom. The Morgan fingerprint density at radius 3 is 2.44 bits per heavy atom. The first-order valence-electron chi connectivity index (χ1n) is 7.75. The number of sulfonamides is 1. The molecule has 0 aliphatic rings. The van der Waals surface area contributed by atoms with Crippen molar-refractivity contribution >= 4 is 38.1 Å². The third kappa shape index (κ3) is 3.91. The number of methoxy groups -OCH3 is 1. The van der Waals surface area contributed by atoms with E-state index in [4.69, 9.17) is 4.74 Å². The van der Waals surface area contributed by atoms with Gasteiger partial charge in [-0.1, -0.05) is 41.7 Å². The van der Waals surface area contributed by atoms with Gasteiger partial charge in [-0.15, -0.1) is 10.2 Å². The molecule has 8 nitrogen and oxygen atoms in total. The predicted molar refractivity (Wildman–Crippen MR) is 103 cm³/mol. The number of amides is 1. The van der Waals surface area contributed by atoms with Crippen LogP contribution in [0.25, 0.3) is 0 Å². The summed E-state index contributed by atoms with van der Waals surface area (Å²) in [5, 5.41) is 10.1. The Morgan fingerprint density at radius 1 is 1.07 bits per heavy atom. The second kappa shape index (κ2) is 7.72. The summed E-state index contributed by atoms with van der Waals surface area (Å²) in [6.07, 6.45) is 0. The first-order chi connectivity index (χ1) is 12.9. The van der Waals surface area contributed by atoms with Crippen molar-refractivity contribution in [1.82, 2.24) is 10.2 Å². The fourth-order valence-electron chi connectivity index (χ4n) is 2.26. The summed E-state index contributed by atoms with van der Waals surface area (Å²) in [5.41, 5.74) is 0.799. The molecule has 0 aliphatic carbocycles. The summed E-state index contributed by atoms with van der Waals surface area (Å²) < 4.78 is 31.4. The minimum Gasteiger partial charge on any atom is -0.496 e. The van der Waals surface area contributed by atoms with Crippen LogP contribution in [-0.4, -0.2) is 38.7 Å². The minimum absolute atomic E-state index is 0.0749. The van der Waals surface area contributed by atoms with E-state index in [9.17, 15) is 13.2 Å². The Balaban J connectivity index is 1.81. The quantitative estimate of drug-likeness (QED) is 0.634. The van der Waals surface area contributed by atoms with E-state index in [0.717, 1.165) is 15.6 Å². The third-order valence-electron chi connectivity index (χ3n) is 3.68. The molecule has 0 bridgehead atoms. The molecule has 0 fully saturated rings. The number of anilines is 2. The van der Waals surface area contributed by atoms with Gasteiger partial charge < -0.3 is 4.74 Å². The first kappa shape index (κ1) is 18.8. The highest BCUT2D eigenvalue weighted by molar-refractivity contribution is 7.94. The molecule has 3 aromatic rings. The SMILES string of the molecule is COc1ccccc1C(=O)Nc1nnc(S(=O)(=O)N(C)c2ccccc2)s1. The van der Waals surface area contributed by atoms with Gasteiger partial charge in [-0.25, -0.2) is 0 Å². The molecule has 2 aromatic carbocycles. The number of para-hydroxylation sites is 2. The van der Waals surface area contributed by atoms with Crippen molar-refractivity contribution in [3.05, 3.63) is 60.2 Å². The van der Waals surface area contributed by atoms with Crippen LogP contribution in [0.3, 0.4) is 0 Å². The van der Waals surface area contributed by atoms with Crippen LogP contribution in [0.4, 0.5) is 10.8 Å². The summed E-state index contributed by atoms with van der Waals surface area (Å²) in [7, 11) is -0.993. The van der Waals surface area contributed by atoms with Crippen LogP contribution in [0.1, 0.15) is 10.4 Å². The number of nitrogens with zero attached hydrogens (tertiary/aromatic N) is 3. The number of hydrogen-bond acceptors (Lipinski definition) is 7. The van der Waals surface area contributed by atoms with E-state index < -0.39 is 15.9 Å². The van der Waals surface area contributed by atoms with Crippen LogP contribution in [0.5, 0.6) is 5.75 Å². The van der Waals surface area contributed by atoms with Gasteiger partial charge in [0.15, 0.2) is 0 Å². The van der Waals surface area contributed by atoms with E-state index in [-0.39, 0.29) is 9.47 Å². The van der Waals surface area contributed by atoms with E-state index >= 15 is 0 Å². The summed E-state index contributed by atoms with van der Waals surface area (Å²) in [4.78, 5) is 12.4. The Hall–Kier alpha value is -2.98. The second-order valence-corrected chi connectivity index (χ2v) is 8.46. The smallest absolute Gasteiger partial charge is 0.293 e. The molecule has 0 spiro atoms. The van der Waals surface area contributed by atoms with Crippen molar-refractivity contribution in [2.75, 3.05) is 23.8 Å². The number of carbonyl (C=O) groups is 1. The molecular formula is C17H16N4O4S2. The van der Waals surface area contributed by atoms with Gasteiger partial charge in [0.2, 0.25) is 5.13 Å². The highest BCUT2D eigenvalue weighted by Gasteiger charge is 2.26. The zero-order valence-corrected chi connectivity index (χ0v) is 16.1. The molecule has 0 atom stereocenters. The molecular weight excluding hydrogens is 388 g/mol. The lowest BCUT2D eigenvalue weighted by Crippen LogP contribution is -2.26. The Kier molecular flexibility index (Phi) is 5.38. The summed E-state index contributed by atoms with van der Waals surface area (Å²) >= 11 is 0.775. The maximum absolute atomic E-state index is 12.7. The van der Waals surface area contributed by atoms with Crippen molar-refractivity contribution in [3.8, 4) is 5.75 Å². The van der Waals surface area contributed by atoms with Crippen LogP contribution in [0.15, 0.2) is 58.9 Å². The van der Waals surface area contributed by atoms with Crippen molar-refractivity contribution in [2.24, 2.45) is 0 Å². The zero-order valence-electron chi connectivity index (χ0n) is 14.5. The first-order valence-corrected chi connectivity index (χ1v) is 10.0. The Labute approximate surface area is 160 Å². The normalized spacial score (nSPS) is 11.0. The molecule has 0 radical (unpaired) electrons. The number of hydrogen-bond donors (Lipinski definition) is 1. The number of ether oxygens (including phenoxy) is 1. The van der Waals surface area contributed by atoms with E-state index in [0.29, 0.717) is 17.0 Å². The van der Waals surface area contributed by atoms with Gasteiger partial charge in [0.1, 0.15) is 5.75 Å². The van der Waals surface area contributed by atoms with Gasteiger partial charge in [0, 0.05) is 7.05 Å². The highest BCUT2D eigenvalue weighted by atomic mass is 32.2. The molecule has 1 heterocycles. The van der Waals surface area contributed by atoms with Gasteiger partial charge in [0.05, 0.1) is 18.4 Å². The van der Waals surface area contributed by atoms with Crippen molar-refractivity contribution in [1.29, 1.82) is 0 Å². The van der Waals surface area contributed by atoms with Crippen LogP contribution in [-0.2, 0) is 10.0 Å². The van der Waals surface area contributed by atoms with Gasteiger partial charge in [0.25, 0.3) is 20.3 Å². The summed E-state index contributed by atoms with van der Waals surface area (Å²) in [6.45, 7) is 0. The van der Waals surface area contributed by atoms with E-state index in [1.54, 1.807) is 54.6 Å². The molecule has 10 heteroatoms. The fourth-order valence-corrected chi connectivity index (χ4v) is 4.50. The Bertz CT molecular complexity index is 1050. The lowest BCUT2D eigenvalue weighted by atomic mass is 10.2. The number of nitrogens with one attached hydrogen (secondary N) is 1. The maximum Gasteiger partial charge on any atom is 0.293 e. The van der Waals surface area contributed by atoms with Crippen LogP contribution in [0, 0.1) is 0 Å². The standard InChI is InChI=1S/C17H16N4O4S2/c1-21(12-8-4-3-5-9-12)27(23,24)17-20-19-16(26-17)18-15(22)13-10-6-7-11-14(13)25-2/h3-11H,1-2H3,(H,18,19,22). The van der Waals surface area contributed by atoms with Crippen molar-refractivity contribution < 1.29 is 17.9 Å². The number of rotatable bonds is 6. The molecule has 140 valence electrons. The maximum atomic E-state index is 12.7. The molecule has 3 rings (SSSR count). The molecule has 1 aromatic heterocycles. The van der Waals surface area contributed by atoms with Gasteiger partial charge in [-0.05, 0) is 24.3 Å². The molecule has 0 saturated carbocycles. The van der Waals surface area contributed by atoms with Gasteiger partial charge >= 0.3 is 0 Å². The second-order valence-electron chi connectivity index (χ2n) is 5.34. The van der Waals surface area contributed by atoms with Gasteiger partial charge in [-0.2, -0.15) is 8.42 Å². The average molecular weight is 404 g/mol. The average Bonchev–Trinajstić information content (AvgIpc) is 3.17. The lowest BCUT2D eigenvalue weighted by molar-refractivity contribution is 0.102. The van der Waals surface area contributed by atoms with E-state index in [2.05, 4.69) is 15.5 Å². The van der Waals surface area contributed by atoms with Crippen LogP contribution in [0.2, 0.25) is 0 Å². The monoisotopic (exact) mass is 404 g/mol. The molecule has 1 N–H and O–H groups in total. The van der Waals surface area contributed by atoms with Crippen molar-refractivity contribution in [3.63, 3.8) is 0 Å². The highest BCUT2D eigenvalue weighted by Crippen LogP contribution is 2.27. The third-order valence-corrected chi connectivity index (χ3v) is 6.65. The fraction of sp³-hybridized carbons (Fsp3) is 0.118. The molecule has 0 aliphatic heterocycles. The topological polar surface area (TPSA) is 101 Å². The number of carbonyl (C=O) groups excluding carboxylic acids is 1. The largest absolute Gasteiger partial charge is 0.496 e. The van der Waals surface area contributed by atoms with E-state index in [1.165, 1.54) is 14.2 Å². The van der Waals surface area contributed by atoms with E-state index in [1.807, 2.05) is 0 Å². The molecule has 27 heavy (non-hydrogen) atoms. The zero-order chi connectivity index (χ0) is 19.4. The van der Waals surface area contributed by atoms with Crippen LogP contribution >= 0.6 is 11.3 Å². The molecule has 0 saturated heterocycles. The summed E-state index contributed by atoms with van der Waals surface area (Å²) in [6, 6.07) is 15.3. The van der Waals surface area contributed by atoms with Crippen LogP contribution < -0.4 is 14.4 Å². The summed E-state index contributed by atoms with van der Waals surface area (Å²) in [5.74, 6) is -0.0693. The lowest BCUT2D eigenvalue weighted by Gasteiger charge is -2.16. The molecule has 1 amide bonds. The van der Waals surface area contributed by atoms with Crippen molar-refractivity contribution in [2.45, 2.75) is 4.34 Å². The molecule has 0 unspecified atom stereocenters.